The van der Waals surface area contributed by atoms with Crippen LogP contribution in [0.4, 0.5) is 4.39 Å². The maximum absolute atomic E-state index is 9.50. The molecule has 0 aliphatic carbocycles. The van der Waals surface area contributed by atoms with Crippen LogP contribution in [0.25, 0.3) is 5.70 Å². The summed E-state index contributed by atoms with van der Waals surface area (Å²) in [5.74, 6) is 0. The van der Waals surface area contributed by atoms with Gasteiger partial charge in [-0.2, -0.15) is 5.10 Å². The Labute approximate surface area is 104 Å². The summed E-state index contributed by atoms with van der Waals surface area (Å²) in [6.45, 7) is 11.7. The Morgan fingerprint density at radius 2 is 2.00 bits per heavy atom. The third-order valence-corrected chi connectivity index (χ3v) is 1.70. The van der Waals surface area contributed by atoms with E-state index in [-0.39, 0.29) is 0 Å². The van der Waals surface area contributed by atoms with Gasteiger partial charge in [-0.1, -0.05) is 32.6 Å². The van der Waals surface area contributed by atoms with Crippen molar-refractivity contribution in [1.82, 2.24) is 9.78 Å². The normalized spacial score (nSPS) is 10.1. The van der Waals surface area contributed by atoms with Crippen molar-refractivity contribution in [2.24, 2.45) is 0 Å². The maximum Gasteiger partial charge on any atom is 0.0785 e. The zero-order chi connectivity index (χ0) is 13.7. The van der Waals surface area contributed by atoms with Crippen LogP contribution in [0, 0.1) is 6.92 Å². The van der Waals surface area contributed by atoms with Crippen LogP contribution in [0.1, 0.15) is 26.5 Å². The van der Waals surface area contributed by atoms with Crippen molar-refractivity contribution < 1.29 is 4.39 Å². The van der Waals surface area contributed by atoms with Gasteiger partial charge in [-0.05, 0) is 32.1 Å². The van der Waals surface area contributed by atoms with E-state index in [0.29, 0.717) is 7.18 Å². The van der Waals surface area contributed by atoms with E-state index in [4.69, 9.17) is 0 Å². The molecule has 1 rings (SSSR count). The number of allylic oxidation sites excluding steroid dienone is 5. The summed E-state index contributed by atoms with van der Waals surface area (Å²) < 4.78 is 11.4. The highest BCUT2D eigenvalue weighted by molar-refractivity contribution is 5.58. The van der Waals surface area contributed by atoms with Crippen molar-refractivity contribution in [3.63, 3.8) is 0 Å². The van der Waals surface area contributed by atoms with E-state index in [9.17, 15) is 4.39 Å². The molecule has 0 atom stereocenters. The molecule has 0 aliphatic heterocycles. The minimum absolute atomic E-state index is 0.500. The highest BCUT2D eigenvalue weighted by Gasteiger charge is 1.98. The van der Waals surface area contributed by atoms with Crippen molar-refractivity contribution in [2.75, 3.05) is 7.18 Å². The first kappa shape index (κ1) is 17.7. The lowest BCUT2D eigenvalue weighted by atomic mass is 10.3. The lowest BCUT2D eigenvalue weighted by Crippen LogP contribution is -1.98. The van der Waals surface area contributed by atoms with Crippen LogP contribution < -0.4 is 0 Å². The molecule has 0 amide bonds. The average molecular weight is 238 g/mol. The SMILES string of the molecule is C=C/C=C(\C=C/C)n1nccc1C.CC.CF. The van der Waals surface area contributed by atoms with E-state index in [1.54, 1.807) is 12.3 Å². The second-order valence-electron chi connectivity index (χ2n) is 2.71. The minimum atomic E-state index is 0.500. The molecule has 0 saturated heterocycles. The largest absolute Gasteiger partial charge is 0.255 e. The standard InChI is InChI=1S/C11H14N2.C2H6.CH3F/c1-4-6-11(7-5-2)13-10(3)8-9-12-13;2*1-2/h4-9H,1H2,2-3H3;1-2H3;1H3/b7-5-,11-6+;;. The monoisotopic (exact) mass is 238 g/mol. The lowest BCUT2D eigenvalue weighted by molar-refractivity contribution is 0.636. The van der Waals surface area contributed by atoms with E-state index in [1.807, 2.05) is 56.7 Å². The van der Waals surface area contributed by atoms with Crippen LogP contribution >= 0.6 is 0 Å². The third-order valence-electron chi connectivity index (χ3n) is 1.70. The molecule has 17 heavy (non-hydrogen) atoms. The van der Waals surface area contributed by atoms with Crippen molar-refractivity contribution in [1.29, 1.82) is 0 Å². The van der Waals surface area contributed by atoms with Crippen LogP contribution in [0.15, 0.2) is 43.1 Å². The Morgan fingerprint density at radius 3 is 2.35 bits per heavy atom. The molecule has 0 saturated carbocycles. The molecule has 1 heterocycles. The van der Waals surface area contributed by atoms with Crippen LogP contribution in [0.2, 0.25) is 0 Å². The molecule has 0 radical (unpaired) electrons. The Hall–Kier alpha value is -1.64. The number of aryl methyl sites for hydroxylation is 1. The Morgan fingerprint density at radius 1 is 1.41 bits per heavy atom. The molecule has 1 aromatic heterocycles. The molecular formula is C14H23FN2. The number of hydrogen-bond donors (Lipinski definition) is 0. The summed E-state index contributed by atoms with van der Waals surface area (Å²) in [7, 11) is 0.500. The van der Waals surface area contributed by atoms with Gasteiger partial charge in [0.15, 0.2) is 0 Å². The Balaban J connectivity index is 0. The van der Waals surface area contributed by atoms with Gasteiger partial charge in [-0.25, -0.2) is 4.68 Å². The maximum atomic E-state index is 9.50. The summed E-state index contributed by atoms with van der Waals surface area (Å²) in [5.41, 5.74) is 2.14. The number of rotatable bonds is 3. The molecule has 0 N–H and O–H groups in total. The van der Waals surface area contributed by atoms with Gasteiger partial charge in [0.1, 0.15) is 0 Å². The second kappa shape index (κ2) is 12.4. The molecule has 0 spiro atoms. The second-order valence-corrected chi connectivity index (χ2v) is 2.71. The van der Waals surface area contributed by atoms with Gasteiger partial charge in [0.2, 0.25) is 0 Å². The molecule has 0 aromatic carbocycles. The molecule has 0 unspecified atom stereocenters. The summed E-state index contributed by atoms with van der Waals surface area (Å²) >= 11 is 0. The predicted octanol–water partition coefficient (Wildman–Crippen LogP) is 4.41. The van der Waals surface area contributed by atoms with E-state index in [1.165, 1.54) is 0 Å². The van der Waals surface area contributed by atoms with E-state index in [0.717, 1.165) is 11.4 Å². The van der Waals surface area contributed by atoms with Gasteiger partial charge >= 0.3 is 0 Å². The van der Waals surface area contributed by atoms with Crippen LogP contribution in [-0.2, 0) is 0 Å². The summed E-state index contributed by atoms with van der Waals surface area (Å²) in [6, 6.07) is 1.97. The highest BCUT2D eigenvalue weighted by Crippen LogP contribution is 2.08. The number of hydrogen-bond acceptors (Lipinski definition) is 1. The lowest BCUT2D eigenvalue weighted by Gasteiger charge is -2.03. The quantitative estimate of drug-likeness (QED) is 0.713. The number of nitrogens with zero attached hydrogens (tertiary/aromatic N) is 2. The van der Waals surface area contributed by atoms with Crippen molar-refractivity contribution in [3.05, 3.63) is 48.8 Å². The van der Waals surface area contributed by atoms with E-state index >= 15 is 0 Å². The van der Waals surface area contributed by atoms with Crippen molar-refractivity contribution in [3.8, 4) is 0 Å². The zero-order valence-electron chi connectivity index (χ0n) is 11.4. The molecule has 96 valence electrons. The molecule has 0 fully saturated rings. The predicted molar refractivity (Wildman–Crippen MR) is 74.6 cm³/mol. The van der Waals surface area contributed by atoms with Crippen LogP contribution in [-0.4, -0.2) is 17.0 Å². The third kappa shape index (κ3) is 6.51. The van der Waals surface area contributed by atoms with Crippen LogP contribution in [0.5, 0.6) is 0 Å². The summed E-state index contributed by atoms with van der Waals surface area (Å²) in [5, 5.41) is 4.20. The van der Waals surface area contributed by atoms with E-state index in [2.05, 4.69) is 11.7 Å². The number of alkyl halides is 1. The smallest absolute Gasteiger partial charge is 0.0785 e. The molecular weight excluding hydrogens is 215 g/mol. The minimum Gasteiger partial charge on any atom is -0.255 e. The van der Waals surface area contributed by atoms with Gasteiger partial charge in [-0.15, -0.1) is 0 Å². The first-order valence-electron chi connectivity index (χ1n) is 5.64. The number of aromatic nitrogens is 2. The highest BCUT2D eigenvalue weighted by atomic mass is 19.1. The zero-order valence-corrected chi connectivity index (χ0v) is 11.4. The van der Waals surface area contributed by atoms with Crippen LogP contribution in [0.3, 0.4) is 0 Å². The van der Waals surface area contributed by atoms with E-state index < -0.39 is 0 Å². The van der Waals surface area contributed by atoms with Crippen molar-refractivity contribution in [2.45, 2.75) is 27.7 Å². The van der Waals surface area contributed by atoms with Gasteiger partial charge < -0.3 is 0 Å². The molecule has 0 aliphatic rings. The molecule has 2 nitrogen and oxygen atoms in total. The molecule has 0 bridgehead atoms. The molecule has 3 heteroatoms. The van der Waals surface area contributed by atoms with Gasteiger partial charge in [0.25, 0.3) is 0 Å². The fourth-order valence-electron chi connectivity index (χ4n) is 1.13. The summed E-state index contributed by atoms with van der Waals surface area (Å²) in [4.78, 5) is 0. The first-order chi connectivity index (χ1) is 8.29. The Bertz CT molecular complexity index is 349. The Kier molecular flexibility index (Phi) is 13.0. The fourth-order valence-corrected chi connectivity index (χ4v) is 1.13. The average Bonchev–Trinajstić information content (AvgIpc) is 2.80. The van der Waals surface area contributed by atoms with Crippen molar-refractivity contribution >= 4 is 5.70 Å². The fraction of sp³-hybridized carbons (Fsp3) is 0.357. The topological polar surface area (TPSA) is 17.8 Å². The first-order valence-corrected chi connectivity index (χ1v) is 5.64. The number of halogens is 1. The van der Waals surface area contributed by atoms with Gasteiger partial charge in [0, 0.05) is 11.9 Å². The summed E-state index contributed by atoms with van der Waals surface area (Å²) in [6.07, 6.45) is 9.46. The van der Waals surface area contributed by atoms with Gasteiger partial charge in [-0.3, -0.25) is 4.39 Å². The molecule has 1 aromatic rings. The van der Waals surface area contributed by atoms with Gasteiger partial charge in [0.05, 0.1) is 12.9 Å².